The maximum absolute atomic E-state index is 10.5. The Hall–Kier alpha value is -2.29. The number of carbonyl (C=O) groups is 1. The molecule has 0 bridgehead atoms. The number of rotatable bonds is 4. The van der Waals surface area contributed by atoms with E-state index in [-0.39, 0.29) is 0 Å². The maximum Gasteiger partial charge on any atom is 0.409 e. The summed E-state index contributed by atoms with van der Waals surface area (Å²) in [6, 6.07) is 17.8. The molecule has 2 aromatic rings. The third-order valence-electron chi connectivity index (χ3n) is 2.75. The molecule has 3 heteroatoms. The van der Waals surface area contributed by atoms with Crippen molar-refractivity contribution in [3.8, 4) is 0 Å². The van der Waals surface area contributed by atoms with Gasteiger partial charge in [0.15, 0.2) is 0 Å². The Bertz CT molecular complexity index is 506. The Kier molecular flexibility index (Phi) is 3.97. The maximum atomic E-state index is 10.5. The van der Waals surface area contributed by atoms with Crippen LogP contribution in [0.5, 0.6) is 0 Å². The van der Waals surface area contributed by atoms with Crippen molar-refractivity contribution in [2.24, 2.45) is 0 Å². The molecule has 0 spiro atoms. The van der Waals surface area contributed by atoms with E-state index in [0.717, 1.165) is 12.8 Å². The molecule has 0 saturated heterocycles. The van der Waals surface area contributed by atoms with Gasteiger partial charge in [-0.1, -0.05) is 42.5 Å². The number of amides is 1. The number of nitrogens with one attached hydrogen (secondary N) is 1. The minimum Gasteiger partial charge on any atom is -0.465 e. The van der Waals surface area contributed by atoms with E-state index < -0.39 is 6.09 Å². The summed E-state index contributed by atoms with van der Waals surface area (Å²) in [7, 11) is 0. The minimum absolute atomic E-state index is 0.603. The van der Waals surface area contributed by atoms with Crippen molar-refractivity contribution in [2.75, 3.05) is 5.32 Å². The van der Waals surface area contributed by atoms with Crippen LogP contribution >= 0.6 is 0 Å². The lowest BCUT2D eigenvalue weighted by Crippen LogP contribution is -2.06. The second kappa shape index (κ2) is 5.87. The van der Waals surface area contributed by atoms with Crippen LogP contribution in [0.3, 0.4) is 0 Å². The van der Waals surface area contributed by atoms with Gasteiger partial charge in [0.2, 0.25) is 0 Å². The zero-order chi connectivity index (χ0) is 12.8. The fraction of sp³-hybridized carbons (Fsp3) is 0.133. The van der Waals surface area contributed by atoms with Crippen LogP contribution in [-0.2, 0) is 12.8 Å². The van der Waals surface area contributed by atoms with Gasteiger partial charge in [0.25, 0.3) is 0 Å². The van der Waals surface area contributed by atoms with E-state index >= 15 is 0 Å². The van der Waals surface area contributed by atoms with E-state index in [4.69, 9.17) is 5.11 Å². The van der Waals surface area contributed by atoms with Crippen LogP contribution in [0.2, 0.25) is 0 Å². The predicted octanol–water partition coefficient (Wildman–Crippen LogP) is 3.56. The quantitative estimate of drug-likeness (QED) is 0.859. The average Bonchev–Trinajstić information content (AvgIpc) is 2.38. The van der Waals surface area contributed by atoms with Crippen molar-refractivity contribution in [3.63, 3.8) is 0 Å². The molecular formula is C15H15NO2. The normalized spacial score (nSPS) is 10.0. The third-order valence-corrected chi connectivity index (χ3v) is 2.75. The number of hydrogen-bond acceptors (Lipinski definition) is 1. The molecule has 2 rings (SSSR count). The number of hydrogen-bond donors (Lipinski definition) is 2. The fourth-order valence-electron chi connectivity index (χ4n) is 1.81. The summed E-state index contributed by atoms with van der Waals surface area (Å²) in [5.74, 6) is 0. The van der Waals surface area contributed by atoms with Crippen LogP contribution < -0.4 is 5.32 Å². The van der Waals surface area contributed by atoms with Crippen molar-refractivity contribution in [1.29, 1.82) is 0 Å². The van der Waals surface area contributed by atoms with Gasteiger partial charge >= 0.3 is 6.09 Å². The minimum atomic E-state index is -1.04. The second-order valence-corrected chi connectivity index (χ2v) is 4.11. The summed E-state index contributed by atoms with van der Waals surface area (Å²) in [5, 5.41) is 10.9. The second-order valence-electron chi connectivity index (χ2n) is 4.11. The van der Waals surface area contributed by atoms with Crippen molar-refractivity contribution < 1.29 is 9.90 Å². The molecule has 1 amide bonds. The number of aryl methyl sites for hydroxylation is 2. The summed E-state index contributed by atoms with van der Waals surface area (Å²) in [6.45, 7) is 0. The Morgan fingerprint density at radius 3 is 2.00 bits per heavy atom. The van der Waals surface area contributed by atoms with Gasteiger partial charge in [-0.25, -0.2) is 4.79 Å². The Balaban J connectivity index is 1.92. The Morgan fingerprint density at radius 2 is 1.44 bits per heavy atom. The van der Waals surface area contributed by atoms with Crippen molar-refractivity contribution in [1.82, 2.24) is 0 Å². The number of anilines is 1. The molecule has 0 radical (unpaired) electrons. The number of carboxylic acid groups (broad SMARTS) is 1. The zero-order valence-electron chi connectivity index (χ0n) is 9.97. The van der Waals surface area contributed by atoms with Crippen LogP contribution in [0.25, 0.3) is 0 Å². The highest BCUT2D eigenvalue weighted by Gasteiger charge is 1.99. The molecule has 0 aliphatic heterocycles. The molecule has 0 saturated carbocycles. The molecule has 18 heavy (non-hydrogen) atoms. The smallest absolute Gasteiger partial charge is 0.409 e. The van der Waals surface area contributed by atoms with E-state index in [0.29, 0.717) is 5.69 Å². The molecule has 3 nitrogen and oxygen atoms in total. The summed E-state index contributed by atoms with van der Waals surface area (Å²) in [4.78, 5) is 10.5. The molecule has 0 aliphatic carbocycles. The van der Waals surface area contributed by atoms with Gasteiger partial charge in [-0.2, -0.15) is 0 Å². The Morgan fingerprint density at radius 1 is 0.889 bits per heavy atom. The van der Waals surface area contributed by atoms with E-state index in [1.54, 1.807) is 12.1 Å². The van der Waals surface area contributed by atoms with E-state index in [1.807, 2.05) is 30.3 Å². The molecule has 0 unspecified atom stereocenters. The molecule has 92 valence electrons. The monoisotopic (exact) mass is 241 g/mol. The SMILES string of the molecule is O=C(O)Nc1ccc(CCc2ccccc2)cc1. The highest BCUT2D eigenvalue weighted by Crippen LogP contribution is 2.12. The molecule has 0 atom stereocenters. The van der Waals surface area contributed by atoms with Gasteiger partial charge in [0, 0.05) is 5.69 Å². The van der Waals surface area contributed by atoms with Crippen LogP contribution in [0.1, 0.15) is 11.1 Å². The first-order chi connectivity index (χ1) is 8.74. The topological polar surface area (TPSA) is 49.3 Å². The summed E-state index contributed by atoms with van der Waals surface area (Å²) in [6.07, 6.45) is 0.913. The molecule has 2 N–H and O–H groups in total. The Labute approximate surface area is 106 Å². The van der Waals surface area contributed by atoms with E-state index in [2.05, 4.69) is 17.4 Å². The van der Waals surface area contributed by atoms with E-state index in [9.17, 15) is 4.79 Å². The largest absolute Gasteiger partial charge is 0.465 e. The average molecular weight is 241 g/mol. The van der Waals surface area contributed by atoms with Crippen molar-refractivity contribution >= 4 is 11.8 Å². The highest BCUT2D eigenvalue weighted by atomic mass is 16.4. The molecule has 0 heterocycles. The van der Waals surface area contributed by atoms with Gasteiger partial charge in [-0.05, 0) is 36.1 Å². The first-order valence-corrected chi connectivity index (χ1v) is 5.87. The van der Waals surface area contributed by atoms with Crippen LogP contribution in [0, 0.1) is 0 Å². The standard InChI is InChI=1S/C15H15NO2/c17-15(18)16-14-10-8-13(9-11-14)7-6-12-4-2-1-3-5-12/h1-5,8-11,16H,6-7H2,(H,17,18). The number of benzene rings is 2. The van der Waals surface area contributed by atoms with Gasteiger partial charge in [0.05, 0.1) is 0 Å². The van der Waals surface area contributed by atoms with Gasteiger partial charge < -0.3 is 5.11 Å². The van der Waals surface area contributed by atoms with Gasteiger partial charge in [-0.15, -0.1) is 0 Å². The van der Waals surface area contributed by atoms with Crippen molar-refractivity contribution in [3.05, 3.63) is 65.7 Å². The molecule has 0 aromatic heterocycles. The lowest BCUT2D eigenvalue weighted by Gasteiger charge is -2.04. The summed E-state index contributed by atoms with van der Waals surface area (Å²) in [5.41, 5.74) is 3.12. The predicted molar refractivity (Wildman–Crippen MR) is 71.9 cm³/mol. The van der Waals surface area contributed by atoms with Crippen LogP contribution in [-0.4, -0.2) is 11.2 Å². The molecular weight excluding hydrogens is 226 g/mol. The highest BCUT2D eigenvalue weighted by molar-refractivity contribution is 5.82. The van der Waals surface area contributed by atoms with E-state index in [1.165, 1.54) is 11.1 Å². The molecule has 0 aliphatic rings. The molecule has 2 aromatic carbocycles. The lowest BCUT2D eigenvalue weighted by molar-refractivity contribution is 0.210. The zero-order valence-corrected chi connectivity index (χ0v) is 9.97. The summed E-state index contributed by atoms with van der Waals surface area (Å²) < 4.78 is 0. The summed E-state index contributed by atoms with van der Waals surface area (Å²) >= 11 is 0. The first-order valence-electron chi connectivity index (χ1n) is 5.87. The molecule has 0 fully saturated rings. The fourth-order valence-corrected chi connectivity index (χ4v) is 1.81. The lowest BCUT2D eigenvalue weighted by atomic mass is 10.0. The van der Waals surface area contributed by atoms with Crippen molar-refractivity contribution in [2.45, 2.75) is 12.8 Å². The van der Waals surface area contributed by atoms with Gasteiger partial charge in [0.1, 0.15) is 0 Å². The van der Waals surface area contributed by atoms with Crippen LogP contribution in [0.15, 0.2) is 54.6 Å². The van der Waals surface area contributed by atoms with Gasteiger partial charge in [-0.3, -0.25) is 5.32 Å². The first kappa shape index (κ1) is 12.2. The third kappa shape index (κ3) is 3.63. The van der Waals surface area contributed by atoms with Crippen LogP contribution in [0.4, 0.5) is 10.5 Å².